The van der Waals surface area contributed by atoms with E-state index in [0.717, 1.165) is 12.8 Å². The van der Waals surface area contributed by atoms with Crippen molar-refractivity contribution in [3.8, 4) is 0 Å². The van der Waals surface area contributed by atoms with Crippen LogP contribution in [0.25, 0.3) is 0 Å². The molecule has 4 nitrogen and oxygen atoms in total. The average Bonchev–Trinajstić information content (AvgIpc) is 2.26. The zero-order chi connectivity index (χ0) is 14.2. The topological polar surface area (TPSA) is 77.4 Å². The number of halogens is 3. The van der Waals surface area contributed by atoms with Gasteiger partial charge in [-0.2, -0.15) is 13.2 Å². The van der Waals surface area contributed by atoms with E-state index in [4.69, 9.17) is 18.1 Å². The number of benzene rings is 1. The minimum Gasteiger partial charge on any atom is -0.741 e. The fraction of sp³-hybridized carbons (Fsp3) is 0.400. The van der Waals surface area contributed by atoms with Crippen LogP contribution in [0.15, 0.2) is 30.3 Å². The molecule has 19 heavy (non-hydrogen) atoms. The zero-order valence-electron chi connectivity index (χ0n) is 10.2. The molecule has 0 aliphatic carbocycles. The van der Waals surface area contributed by atoms with E-state index < -0.39 is 15.6 Å². The molecular formula is C10H12F3LiO4S. The first-order chi connectivity index (χ1) is 8.18. The number of hydrogen-bond donors (Lipinski definition) is 1. The van der Waals surface area contributed by atoms with Crippen LogP contribution >= 0.6 is 0 Å². The molecule has 0 aliphatic heterocycles. The van der Waals surface area contributed by atoms with Gasteiger partial charge in [0.15, 0.2) is 10.1 Å². The first-order valence-corrected chi connectivity index (χ1v) is 6.26. The van der Waals surface area contributed by atoms with Crippen molar-refractivity contribution in [1.29, 1.82) is 0 Å². The SMILES string of the molecule is O=S(=O)([O-])C(F)(F)F.OCCCc1ccccc1.[Li+]. The summed E-state index contributed by atoms with van der Waals surface area (Å²) in [6.07, 6.45) is 1.85. The summed E-state index contributed by atoms with van der Waals surface area (Å²) in [5.74, 6) is 0. The second kappa shape index (κ2) is 9.39. The van der Waals surface area contributed by atoms with Crippen molar-refractivity contribution in [2.24, 2.45) is 0 Å². The van der Waals surface area contributed by atoms with Gasteiger partial charge >= 0.3 is 24.4 Å². The third-order valence-electron chi connectivity index (χ3n) is 1.75. The Hall–Kier alpha value is -0.523. The first kappa shape index (κ1) is 20.8. The molecule has 1 rings (SSSR count). The van der Waals surface area contributed by atoms with Gasteiger partial charge in [-0.25, -0.2) is 8.42 Å². The Balaban J connectivity index is 0. The van der Waals surface area contributed by atoms with Crippen LogP contribution in [0.4, 0.5) is 13.2 Å². The van der Waals surface area contributed by atoms with Crippen molar-refractivity contribution < 1.29 is 50.1 Å². The number of alkyl halides is 3. The molecule has 0 heterocycles. The Morgan fingerprint density at radius 2 is 1.58 bits per heavy atom. The summed E-state index contributed by atoms with van der Waals surface area (Å²) in [6, 6.07) is 10.2. The van der Waals surface area contributed by atoms with E-state index in [9.17, 15) is 13.2 Å². The average molecular weight is 292 g/mol. The fourth-order valence-electron chi connectivity index (χ4n) is 0.928. The van der Waals surface area contributed by atoms with Crippen LogP contribution in [0.1, 0.15) is 12.0 Å². The molecular weight excluding hydrogens is 280 g/mol. The third kappa shape index (κ3) is 9.98. The first-order valence-electron chi connectivity index (χ1n) is 4.85. The van der Waals surface area contributed by atoms with Crippen LogP contribution in [-0.2, 0) is 16.5 Å². The fourth-order valence-corrected chi connectivity index (χ4v) is 0.928. The predicted molar refractivity (Wildman–Crippen MR) is 57.6 cm³/mol. The molecule has 0 bridgehead atoms. The van der Waals surface area contributed by atoms with E-state index in [2.05, 4.69) is 12.1 Å². The molecule has 0 atom stereocenters. The van der Waals surface area contributed by atoms with Gasteiger partial charge in [-0.1, -0.05) is 30.3 Å². The van der Waals surface area contributed by atoms with Gasteiger partial charge in [0.1, 0.15) is 0 Å². The predicted octanol–water partition coefficient (Wildman–Crippen LogP) is -1.33. The molecule has 0 radical (unpaired) electrons. The Bertz CT molecular complexity index is 434. The summed E-state index contributed by atoms with van der Waals surface area (Å²) in [4.78, 5) is 0. The van der Waals surface area contributed by atoms with Gasteiger partial charge in [0, 0.05) is 6.61 Å². The Morgan fingerprint density at radius 1 is 1.16 bits per heavy atom. The van der Waals surface area contributed by atoms with E-state index in [0.29, 0.717) is 0 Å². The standard InChI is InChI=1S/C9H12O.CHF3O3S.Li/c10-8-4-7-9-5-2-1-3-6-9;2-1(3,4)8(5,6)7;/h1-3,5-6,10H,4,7-8H2;(H,5,6,7);/q;;+1/p-1. The molecule has 104 valence electrons. The Morgan fingerprint density at radius 3 is 1.89 bits per heavy atom. The molecule has 0 spiro atoms. The monoisotopic (exact) mass is 292 g/mol. The molecule has 0 aromatic heterocycles. The van der Waals surface area contributed by atoms with Gasteiger partial charge in [0.25, 0.3) is 0 Å². The molecule has 1 aromatic carbocycles. The van der Waals surface area contributed by atoms with Crippen LogP contribution in [0.5, 0.6) is 0 Å². The van der Waals surface area contributed by atoms with Crippen molar-refractivity contribution in [2.75, 3.05) is 6.61 Å². The normalized spacial score (nSPS) is 11.0. The maximum Gasteiger partial charge on any atom is 1.00 e. The maximum absolute atomic E-state index is 10.7. The van der Waals surface area contributed by atoms with Gasteiger partial charge in [-0.15, -0.1) is 0 Å². The van der Waals surface area contributed by atoms with E-state index in [1.807, 2.05) is 18.2 Å². The molecule has 0 saturated heterocycles. The van der Waals surface area contributed by atoms with Gasteiger partial charge in [-0.05, 0) is 18.4 Å². The minimum atomic E-state index is -6.09. The summed E-state index contributed by atoms with van der Waals surface area (Å²) < 4.78 is 58.9. The van der Waals surface area contributed by atoms with Gasteiger partial charge in [0.05, 0.1) is 0 Å². The van der Waals surface area contributed by atoms with Crippen LogP contribution in [0.3, 0.4) is 0 Å². The van der Waals surface area contributed by atoms with Gasteiger partial charge in [0.2, 0.25) is 0 Å². The second-order valence-electron chi connectivity index (χ2n) is 3.21. The van der Waals surface area contributed by atoms with Crippen LogP contribution in [0, 0.1) is 0 Å². The second-order valence-corrected chi connectivity index (χ2v) is 4.58. The van der Waals surface area contributed by atoms with Crippen LogP contribution < -0.4 is 18.9 Å². The minimum absolute atomic E-state index is 0. The molecule has 1 aromatic rings. The Kier molecular flexibility index (Phi) is 10.3. The number of aliphatic hydroxyl groups is 1. The van der Waals surface area contributed by atoms with Crippen LogP contribution in [0.2, 0.25) is 0 Å². The summed E-state index contributed by atoms with van der Waals surface area (Å²) in [7, 11) is -6.09. The van der Waals surface area contributed by atoms with Crippen molar-refractivity contribution in [3.63, 3.8) is 0 Å². The molecule has 0 amide bonds. The van der Waals surface area contributed by atoms with Crippen molar-refractivity contribution >= 4 is 10.1 Å². The largest absolute Gasteiger partial charge is 1.00 e. The summed E-state index contributed by atoms with van der Waals surface area (Å²) in [5.41, 5.74) is -4.34. The maximum atomic E-state index is 10.7. The van der Waals surface area contributed by atoms with Crippen molar-refractivity contribution in [3.05, 3.63) is 35.9 Å². The summed E-state index contributed by atoms with van der Waals surface area (Å²) in [5, 5.41) is 8.53. The molecule has 0 unspecified atom stereocenters. The summed E-state index contributed by atoms with van der Waals surface area (Å²) >= 11 is 0. The van der Waals surface area contributed by atoms with E-state index in [1.165, 1.54) is 5.56 Å². The molecule has 1 N–H and O–H groups in total. The molecule has 0 saturated carbocycles. The molecule has 0 fully saturated rings. The zero-order valence-corrected chi connectivity index (χ0v) is 11.0. The summed E-state index contributed by atoms with van der Waals surface area (Å²) in [6.45, 7) is 0.287. The van der Waals surface area contributed by atoms with E-state index in [1.54, 1.807) is 0 Å². The van der Waals surface area contributed by atoms with Crippen molar-refractivity contribution in [1.82, 2.24) is 0 Å². The molecule has 0 aliphatic rings. The Labute approximate surface area is 121 Å². The molecule has 9 heteroatoms. The number of aryl methyl sites for hydroxylation is 1. The van der Waals surface area contributed by atoms with Crippen LogP contribution in [-0.4, -0.2) is 30.2 Å². The number of hydrogen-bond acceptors (Lipinski definition) is 4. The van der Waals surface area contributed by atoms with Crippen molar-refractivity contribution in [2.45, 2.75) is 18.3 Å². The number of aliphatic hydroxyl groups excluding tert-OH is 1. The van der Waals surface area contributed by atoms with E-state index >= 15 is 0 Å². The number of rotatable bonds is 3. The van der Waals surface area contributed by atoms with E-state index in [-0.39, 0.29) is 25.5 Å². The van der Waals surface area contributed by atoms with Gasteiger partial charge in [-0.3, -0.25) is 0 Å². The quantitative estimate of drug-likeness (QED) is 0.425. The van der Waals surface area contributed by atoms with Gasteiger partial charge < -0.3 is 9.66 Å². The third-order valence-corrected chi connectivity index (χ3v) is 2.32. The smallest absolute Gasteiger partial charge is 0.741 e.